The molecule has 1 aromatic carbocycles. The summed E-state index contributed by atoms with van der Waals surface area (Å²) in [4.78, 5) is 0. The smallest absolute Gasteiger partial charge is 0.184 e. The second-order valence-corrected chi connectivity index (χ2v) is 7.12. The Morgan fingerprint density at radius 3 is 2.30 bits per heavy atom. The van der Waals surface area contributed by atoms with Crippen LogP contribution < -0.4 is 0 Å². The van der Waals surface area contributed by atoms with Crippen LogP contribution in [0.5, 0.6) is 0 Å². The zero-order valence-corrected chi connectivity index (χ0v) is 16.3. The van der Waals surface area contributed by atoms with Crippen molar-refractivity contribution in [3.63, 3.8) is 0 Å². The van der Waals surface area contributed by atoms with E-state index in [1.165, 1.54) is 0 Å². The Morgan fingerprint density at radius 2 is 1.63 bits per heavy atom. The lowest BCUT2D eigenvalue weighted by Crippen LogP contribution is -2.63. The third-order valence-corrected chi connectivity index (χ3v) is 4.99. The van der Waals surface area contributed by atoms with Crippen molar-refractivity contribution >= 4 is 0 Å². The van der Waals surface area contributed by atoms with Gasteiger partial charge in [-0.1, -0.05) is 57.0 Å². The van der Waals surface area contributed by atoms with Gasteiger partial charge in [-0.05, 0) is 12.8 Å². The molecule has 1 N–H and O–H groups in total. The topological polar surface area (TPSA) is 66.4 Å². The van der Waals surface area contributed by atoms with Crippen molar-refractivity contribution in [1.29, 1.82) is 0 Å². The molecule has 0 aliphatic carbocycles. The molecule has 2 aliphatic rings. The van der Waals surface area contributed by atoms with Crippen LogP contribution in [0.3, 0.4) is 0 Å². The first-order valence-corrected chi connectivity index (χ1v) is 10.1. The molecule has 0 amide bonds. The van der Waals surface area contributed by atoms with Crippen LogP contribution in [0.1, 0.15) is 51.4 Å². The molecular formula is C21H32O6. The van der Waals surface area contributed by atoms with Gasteiger partial charge < -0.3 is 28.8 Å². The number of hydrogen-bond donors (Lipinski definition) is 1. The highest BCUT2D eigenvalue weighted by atomic mass is 16.7. The summed E-state index contributed by atoms with van der Waals surface area (Å²) < 4.78 is 29.9. The largest absolute Gasteiger partial charge is 0.372 e. The predicted molar refractivity (Wildman–Crippen MR) is 100 cm³/mol. The van der Waals surface area contributed by atoms with E-state index in [-0.39, 0.29) is 12.2 Å². The second kappa shape index (κ2) is 10.5. The maximum Gasteiger partial charge on any atom is 0.184 e. The first kappa shape index (κ1) is 20.7. The summed E-state index contributed by atoms with van der Waals surface area (Å²) in [6.45, 7) is 5.73. The molecule has 0 radical (unpaired) electrons. The summed E-state index contributed by atoms with van der Waals surface area (Å²) in [5.74, 6) is 0. The van der Waals surface area contributed by atoms with Gasteiger partial charge in [-0.25, -0.2) is 0 Å². The lowest BCUT2D eigenvalue weighted by molar-refractivity contribution is -0.364. The Bertz CT molecular complexity index is 539. The van der Waals surface area contributed by atoms with E-state index in [0.717, 1.165) is 31.2 Å². The maximum absolute atomic E-state index is 10.5. The Morgan fingerprint density at radius 1 is 0.963 bits per heavy atom. The molecule has 2 fully saturated rings. The Balaban J connectivity index is 1.73. The normalized spacial score (nSPS) is 33.6. The van der Waals surface area contributed by atoms with E-state index in [1.54, 1.807) is 0 Å². The van der Waals surface area contributed by atoms with E-state index in [2.05, 4.69) is 13.8 Å². The first-order valence-electron chi connectivity index (χ1n) is 10.1. The van der Waals surface area contributed by atoms with Gasteiger partial charge in [0.05, 0.1) is 6.61 Å². The molecule has 6 heteroatoms. The van der Waals surface area contributed by atoms with Crippen LogP contribution in [0.25, 0.3) is 0 Å². The van der Waals surface area contributed by atoms with E-state index in [4.69, 9.17) is 23.7 Å². The van der Waals surface area contributed by atoms with Crippen molar-refractivity contribution < 1.29 is 28.8 Å². The summed E-state index contributed by atoms with van der Waals surface area (Å²) >= 11 is 0. The summed E-state index contributed by atoms with van der Waals surface area (Å²) in [6.07, 6.45) is 0.737. The van der Waals surface area contributed by atoms with E-state index in [9.17, 15) is 5.11 Å². The predicted octanol–water partition coefficient (Wildman–Crippen LogP) is 3.19. The van der Waals surface area contributed by atoms with Crippen LogP contribution >= 0.6 is 0 Å². The molecule has 0 saturated carbocycles. The zero-order chi connectivity index (χ0) is 19.1. The van der Waals surface area contributed by atoms with E-state index in [0.29, 0.717) is 19.8 Å². The van der Waals surface area contributed by atoms with Gasteiger partial charge in [-0.3, -0.25) is 0 Å². The van der Waals surface area contributed by atoms with Gasteiger partial charge in [0, 0.05) is 18.8 Å². The van der Waals surface area contributed by atoms with Gasteiger partial charge in [0.15, 0.2) is 12.6 Å². The fraction of sp³-hybridized carbons (Fsp3) is 0.714. The van der Waals surface area contributed by atoms with Crippen molar-refractivity contribution in [3.05, 3.63) is 35.9 Å². The molecule has 4 unspecified atom stereocenters. The Labute approximate surface area is 161 Å². The molecule has 27 heavy (non-hydrogen) atoms. The van der Waals surface area contributed by atoms with Gasteiger partial charge >= 0.3 is 0 Å². The molecule has 2 aliphatic heterocycles. The molecule has 6 nitrogen and oxygen atoms in total. The van der Waals surface area contributed by atoms with Gasteiger partial charge in [0.1, 0.15) is 24.4 Å². The van der Waals surface area contributed by atoms with Crippen LogP contribution in [0.15, 0.2) is 30.3 Å². The van der Waals surface area contributed by atoms with Crippen molar-refractivity contribution in [2.24, 2.45) is 0 Å². The van der Waals surface area contributed by atoms with Crippen LogP contribution in [0.4, 0.5) is 0 Å². The fourth-order valence-electron chi connectivity index (χ4n) is 3.44. The van der Waals surface area contributed by atoms with Crippen LogP contribution in [-0.4, -0.2) is 55.6 Å². The summed E-state index contributed by atoms with van der Waals surface area (Å²) in [5.41, 5.74) is 0.956. The molecule has 0 bridgehead atoms. The van der Waals surface area contributed by atoms with Crippen LogP contribution in [0, 0.1) is 0 Å². The number of benzene rings is 1. The number of aliphatic hydroxyl groups is 1. The fourth-order valence-corrected chi connectivity index (χ4v) is 3.44. The highest BCUT2D eigenvalue weighted by Gasteiger charge is 2.50. The molecule has 2 saturated heterocycles. The van der Waals surface area contributed by atoms with Crippen LogP contribution in [0.2, 0.25) is 0 Å². The summed E-state index contributed by atoms with van der Waals surface area (Å²) in [6, 6.07) is 9.84. The number of fused-ring (bicyclic) bond motifs is 1. The molecule has 1 aromatic rings. The lowest BCUT2D eigenvalue weighted by atomic mass is 9.97. The van der Waals surface area contributed by atoms with Gasteiger partial charge in [0.2, 0.25) is 0 Å². The third-order valence-electron chi connectivity index (χ3n) is 4.99. The number of hydrogen-bond acceptors (Lipinski definition) is 6. The van der Waals surface area contributed by atoms with Crippen molar-refractivity contribution in [2.45, 2.75) is 76.5 Å². The molecular weight excluding hydrogens is 348 g/mol. The molecule has 6 atom stereocenters. The Hall–Kier alpha value is -1.02. The molecule has 0 spiro atoms. The van der Waals surface area contributed by atoms with Crippen LogP contribution in [-0.2, 0) is 23.7 Å². The minimum Gasteiger partial charge on any atom is -0.372 e. The zero-order valence-electron chi connectivity index (χ0n) is 16.3. The molecule has 152 valence electrons. The van der Waals surface area contributed by atoms with E-state index in [1.807, 2.05) is 30.3 Å². The van der Waals surface area contributed by atoms with Gasteiger partial charge in [-0.2, -0.15) is 0 Å². The molecule has 3 rings (SSSR count). The number of ether oxygens (including phenoxy) is 5. The first-order chi connectivity index (χ1) is 13.2. The SMILES string of the molecule is CCCCOC1[C@H](OCCCC)C(O)OC2COC(c3ccccc3)O[C@H]21. The van der Waals surface area contributed by atoms with Gasteiger partial charge in [-0.15, -0.1) is 0 Å². The van der Waals surface area contributed by atoms with Crippen molar-refractivity contribution in [2.75, 3.05) is 19.8 Å². The van der Waals surface area contributed by atoms with Crippen molar-refractivity contribution in [3.8, 4) is 0 Å². The van der Waals surface area contributed by atoms with E-state index < -0.39 is 24.8 Å². The molecule has 2 heterocycles. The quantitative estimate of drug-likeness (QED) is 0.664. The third kappa shape index (κ3) is 5.28. The average Bonchev–Trinajstić information content (AvgIpc) is 2.70. The summed E-state index contributed by atoms with van der Waals surface area (Å²) in [7, 11) is 0. The standard InChI is InChI=1S/C21H32O6/c1-3-5-12-23-18-17-16(26-20(22)19(18)24-13-6-4-2)14-25-21(27-17)15-10-8-7-9-11-15/h7-11,16-22H,3-6,12-14H2,1-2H3/t16?,17-,18?,19+,20?,21?/m1/s1. The lowest BCUT2D eigenvalue weighted by Gasteiger charge is -2.47. The molecule has 0 aromatic heterocycles. The number of aliphatic hydroxyl groups excluding tert-OH is 1. The highest BCUT2D eigenvalue weighted by Crippen LogP contribution is 2.35. The maximum atomic E-state index is 10.5. The minimum absolute atomic E-state index is 0.344. The Kier molecular flexibility index (Phi) is 8.06. The van der Waals surface area contributed by atoms with Gasteiger partial charge in [0.25, 0.3) is 0 Å². The minimum atomic E-state index is -1.05. The second-order valence-electron chi connectivity index (χ2n) is 7.12. The van der Waals surface area contributed by atoms with E-state index >= 15 is 0 Å². The van der Waals surface area contributed by atoms with Crippen molar-refractivity contribution in [1.82, 2.24) is 0 Å². The number of unbranched alkanes of at least 4 members (excludes halogenated alkanes) is 2. The number of rotatable bonds is 9. The average molecular weight is 380 g/mol. The monoisotopic (exact) mass is 380 g/mol. The highest BCUT2D eigenvalue weighted by molar-refractivity contribution is 5.16. The summed E-state index contributed by atoms with van der Waals surface area (Å²) in [5, 5.41) is 10.5.